The average molecular weight is 473 g/mol. The fourth-order valence-electron chi connectivity index (χ4n) is 2.93. The Balaban J connectivity index is 1.97. The minimum Gasteiger partial charge on any atom is -0.492 e. The molecule has 9 nitrogen and oxygen atoms in total. The van der Waals surface area contributed by atoms with E-state index in [1.54, 1.807) is 13.8 Å². The van der Waals surface area contributed by atoms with Crippen LogP contribution in [0.4, 0.5) is 21.5 Å². The van der Waals surface area contributed by atoms with Crippen molar-refractivity contribution in [1.29, 1.82) is 0 Å². The van der Waals surface area contributed by atoms with Crippen molar-refractivity contribution in [2.45, 2.75) is 18.7 Å². The van der Waals surface area contributed by atoms with Crippen LogP contribution in [-0.2, 0) is 10.0 Å². The van der Waals surface area contributed by atoms with E-state index in [2.05, 4.69) is 10.0 Å². The van der Waals surface area contributed by atoms with Crippen LogP contribution in [0.15, 0.2) is 65.6 Å². The van der Waals surface area contributed by atoms with Crippen LogP contribution in [0.2, 0.25) is 0 Å². The number of nitrogens with zero attached hydrogens (tertiary/aromatic N) is 1. The van der Waals surface area contributed by atoms with Crippen molar-refractivity contribution in [2.24, 2.45) is 0 Å². The first kappa shape index (κ1) is 23.7. The number of hydrogen-bond donors (Lipinski definition) is 2. The van der Waals surface area contributed by atoms with Crippen LogP contribution in [-0.4, -0.2) is 25.9 Å². The van der Waals surface area contributed by atoms with Crippen LogP contribution >= 0.6 is 0 Å². The van der Waals surface area contributed by atoms with E-state index in [-0.39, 0.29) is 39.9 Å². The highest BCUT2D eigenvalue weighted by atomic mass is 32.2. The Morgan fingerprint density at radius 1 is 1.09 bits per heavy atom. The highest BCUT2D eigenvalue weighted by Gasteiger charge is 2.21. The second-order valence-corrected chi connectivity index (χ2v) is 8.57. The molecule has 3 aromatic carbocycles. The van der Waals surface area contributed by atoms with Gasteiger partial charge in [-0.3, -0.25) is 19.6 Å². The molecule has 0 heterocycles. The van der Waals surface area contributed by atoms with Gasteiger partial charge in [0, 0.05) is 12.1 Å². The van der Waals surface area contributed by atoms with Gasteiger partial charge < -0.3 is 10.1 Å². The molecule has 0 saturated heterocycles. The molecule has 3 rings (SSSR count). The molecule has 0 spiro atoms. The number of non-ortho nitro benzene ring substituents is 1. The fourth-order valence-corrected chi connectivity index (χ4v) is 4.07. The summed E-state index contributed by atoms with van der Waals surface area (Å²) in [6.07, 6.45) is 0. The van der Waals surface area contributed by atoms with Crippen molar-refractivity contribution in [2.75, 3.05) is 16.6 Å². The number of nitro benzene ring substituents is 1. The zero-order valence-corrected chi connectivity index (χ0v) is 18.5. The van der Waals surface area contributed by atoms with Crippen LogP contribution in [0.5, 0.6) is 5.75 Å². The first-order valence-corrected chi connectivity index (χ1v) is 11.2. The predicted molar refractivity (Wildman–Crippen MR) is 121 cm³/mol. The average Bonchev–Trinajstić information content (AvgIpc) is 2.76. The van der Waals surface area contributed by atoms with E-state index >= 15 is 0 Å². The lowest BCUT2D eigenvalue weighted by molar-refractivity contribution is -0.384. The zero-order valence-electron chi connectivity index (χ0n) is 17.7. The Bertz CT molecular complexity index is 1330. The molecule has 33 heavy (non-hydrogen) atoms. The largest absolute Gasteiger partial charge is 0.492 e. The lowest BCUT2D eigenvalue weighted by Crippen LogP contribution is -2.17. The van der Waals surface area contributed by atoms with Gasteiger partial charge in [-0.25, -0.2) is 12.8 Å². The molecule has 0 aliphatic carbocycles. The molecule has 172 valence electrons. The molecular formula is C22H20FN3O6S. The molecule has 0 aliphatic rings. The normalized spacial score (nSPS) is 11.0. The van der Waals surface area contributed by atoms with Gasteiger partial charge in [-0.2, -0.15) is 0 Å². The van der Waals surface area contributed by atoms with Gasteiger partial charge in [-0.1, -0.05) is 18.2 Å². The minimum atomic E-state index is -4.19. The molecule has 0 fully saturated rings. The standard InChI is InChI=1S/C22H20FN3O6S/c1-3-32-21-11-10-16(13-20(21)24-22(27)17-6-4-5-7-18(17)23)33(30,31)25-19-12-15(26(28)29)9-8-14(19)2/h4-13,25H,3H2,1-2H3,(H,24,27). The Morgan fingerprint density at radius 2 is 1.82 bits per heavy atom. The van der Waals surface area contributed by atoms with Crippen molar-refractivity contribution >= 4 is 33.0 Å². The lowest BCUT2D eigenvalue weighted by Gasteiger charge is -2.15. The molecule has 1 amide bonds. The number of ether oxygens (including phenoxy) is 1. The number of nitro groups is 1. The summed E-state index contributed by atoms with van der Waals surface area (Å²) in [7, 11) is -4.19. The molecule has 0 atom stereocenters. The summed E-state index contributed by atoms with van der Waals surface area (Å²) in [6.45, 7) is 3.54. The number of benzene rings is 3. The Kier molecular flexibility index (Phi) is 6.92. The number of nitrogens with one attached hydrogen (secondary N) is 2. The molecule has 0 unspecified atom stereocenters. The Morgan fingerprint density at radius 3 is 2.48 bits per heavy atom. The van der Waals surface area contributed by atoms with Gasteiger partial charge in [-0.15, -0.1) is 0 Å². The predicted octanol–water partition coefficient (Wildman–Crippen LogP) is 4.49. The van der Waals surface area contributed by atoms with E-state index in [1.807, 2.05) is 0 Å². The third kappa shape index (κ3) is 5.44. The molecule has 0 aliphatic heterocycles. The molecule has 2 N–H and O–H groups in total. The van der Waals surface area contributed by atoms with Gasteiger partial charge in [0.05, 0.1) is 33.4 Å². The summed E-state index contributed by atoms with van der Waals surface area (Å²) in [4.78, 5) is 22.7. The zero-order chi connectivity index (χ0) is 24.2. The summed E-state index contributed by atoms with van der Waals surface area (Å²) >= 11 is 0. The molecule has 0 saturated carbocycles. The van der Waals surface area contributed by atoms with Gasteiger partial charge in [0.1, 0.15) is 11.6 Å². The molecule has 0 radical (unpaired) electrons. The first-order chi connectivity index (χ1) is 15.6. The van der Waals surface area contributed by atoms with E-state index < -0.39 is 26.7 Å². The maximum atomic E-state index is 14.0. The summed E-state index contributed by atoms with van der Waals surface area (Å²) < 4.78 is 47.7. The van der Waals surface area contributed by atoms with E-state index in [1.165, 1.54) is 48.5 Å². The molecule has 3 aromatic rings. The maximum absolute atomic E-state index is 14.0. The van der Waals surface area contributed by atoms with Crippen LogP contribution in [0.3, 0.4) is 0 Å². The van der Waals surface area contributed by atoms with Crippen LogP contribution in [0.1, 0.15) is 22.8 Å². The quantitative estimate of drug-likeness (QED) is 0.366. The lowest BCUT2D eigenvalue weighted by atomic mass is 10.2. The highest BCUT2D eigenvalue weighted by molar-refractivity contribution is 7.92. The monoisotopic (exact) mass is 473 g/mol. The number of halogens is 1. The van der Waals surface area contributed by atoms with Crippen LogP contribution in [0, 0.1) is 22.9 Å². The minimum absolute atomic E-state index is 0.0174. The SMILES string of the molecule is CCOc1ccc(S(=O)(=O)Nc2cc([N+](=O)[O-])ccc2C)cc1NC(=O)c1ccccc1F. The molecular weight excluding hydrogens is 453 g/mol. The van der Waals surface area contributed by atoms with E-state index in [0.29, 0.717) is 5.56 Å². The number of sulfonamides is 1. The highest BCUT2D eigenvalue weighted by Crippen LogP contribution is 2.31. The van der Waals surface area contributed by atoms with Crippen LogP contribution < -0.4 is 14.8 Å². The maximum Gasteiger partial charge on any atom is 0.271 e. The fraction of sp³-hybridized carbons (Fsp3) is 0.136. The number of hydrogen-bond acceptors (Lipinski definition) is 6. The number of carbonyl (C=O) groups excluding carboxylic acids is 1. The second-order valence-electron chi connectivity index (χ2n) is 6.89. The number of rotatable bonds is 8. The molecule has 0 bridgehead atoms. The number of carbonyl (C=O) groups is 1. The van der Waals surface area contributed by atoms with E-state index in [9.17, 15) is 27.7 Å². The van der Waals surface area contributed by atoms with Gasteiger partial charge in [0.25, 0.3) is 21.6 Å². The Hall–Kier alpha value is -3.99. The first-order valence-electron chi connectivity index (χ1n) is 9.73. The Labute approximate surface area is 189 Å². The van der Waals surface area contributed by atoms with Crippen molar-refractivity contribution in [1.82, 2.24) is 0 Å². The van der Waals surface area contributed by atoms with E-state index in [4.69, 9.17) is 4.74 Å². The molecule has 11 heteroatoms. The molecule has 0 aromatic heterocycles. The van der Waals surface area contributed by atoms with Gasteiger partial charge in [-0.05, 0) is 49.7 Å². The van der Waals surface area contributed by atoms with Crippen molar-refractivity contribution in [3.05, 3.63) is 87.7 Å². The third-order valence-corrected chi connectivity index (χ3v) is 5.97. The van der Waals surface area contributed by atoms with Gasteiger partial charge >= 0.3 is 0 Å². The summed E-state index contributed by atoms with van der Waals surface area (Å²) in [5.74, 6) is -1.33. The van der Waals surface area contributed by atoms with Gasteiger partial charge in [0.2, 0.25) is 0 Å². The van der Waals surface area contributed by atoms with Crippen molar-refractivity contribution < 1.29 is 27.3 Å². The number of amides is 1. The summed E-state index contributed by atoms with van der Waals surface area (Å²) in [5.41, 5.74) is 0.0309. The topological polar surface area (TPSA) is 128 Å². The van der Waals surface area contributed by atoms with Crippen molar-refractivity contribution in [3.63, 3.8) is 0 Å². The van der Waals surface area contributed by atoms with Crippen molar-refractivity contribution in [3.8, 4) is 5.75 Å². The van der Waals surface area contributed by atoms with Gasteiger partial charge in [0.15, 0.2) is 0 Å². The van der Waals surface area contributed by atoms with Crippen LogP contribution in [0.25, 0.3) is 0 Å². The third-order valence-electron chi connectivity index (χ3n) is 4.60. The summed E-state index contributed by atoms with van der Waals surface area (Å²) in [5, 5.41) is 13.5. The number of aryl methyl sites for hydroxylation is 1. The smallest absolute Gasteiger partial charge is 0.271 e. The van der Waals surface area contributed by atoms with E-state index in [0.717, 1.165) is 12.1 Å². The second kappa shape index (κ2) is 9.65. The number of anilines is 2. The summed E-state index contributed by atoms with van der Waals surface area (Å²) in [6, 6.07) is 12.9.